The average Bonchev–Trinajstić information content (AvgIpc) is 3.27. The highest BCUT2D eigenvalue weighted by Crippen LogP contribution is 2.26. The van der Waals surface area contributed by atoms with Crippen LogP contribution in [0, 0.1) is 6.92 Å². The third-order valence-corrected chi connectivity index (χ3v) is 5.06. The topological polar surface area (TPSA) is 58.4 Å². The second-order valence-electron chi connectivity index (χ2n) is 5.91. The van der Waals surface area contributed by atoms with E-state index in [1.54, 1.807) is 11.3 Å². The number of oxazole rings is 1. The molecule has 3 heterocycles. The summed E-state index contributed by atoms with van der Waals surface area (Å²) >= 11 is 1.59. The van der Waals surface area contributed by atoms with Crippen molar-refractivity contribution >= 4 is 42.1 Å². The first-order chi connectivity index (χ1) is 11.2. The third-order valence-electron chi connectivity index (χ3n) is 4.20. The molecule has 5 nitrogen and oxygen atoms in total. The number of carbonyl (C=O) groups is 1. The molecule has 0 radical (unpaired) electrons. The van der Waals surface area contributed by atoms with Crippen LogP contribution in [0.5, 0.6) is 0 Å². The van der Waals surface area contributed by atoms with E-state index in [-0.39, 0.29) is 30.7 Å². The minimum atomic E-state index is 0. The molecule has 140 valence electrons. The van der Waals surface area contributed by atoms with Gasteiger partial charge in [0.25, 0.3) is 0 Å². The summed E-state index contributed by atoms with van der Waals surface area (Å²) < 4.78 is 5.74. The van der Waals surface area contributed by atoms with E-state index in [1.165, 1.54) is 0 Å². The Morgan fingerprint density at radius 2 is 2.28 bits per heavy atom. The van der Waals surface area contributed by atoms with Crippen molar-refractivity contribution in [2.45, 2.75) is 39.2 Å². The number of rotatable bonds is 6. The number of nitrogens with zero attached hydrogens (tertiary/aromatic N) is 2. The molecular weight excluding hydrogens is 381 g/mol. The van der Waals surface area contributed by atoms with Crippen LogP contribution in [0.1, 0.15) is 31.2 Å². The Balaban J connectivity index is 0.00000156. The van der Waals surface area contributed by atoms with E-state index in [0.717, 1.165) is 48.8 Å². The highest BCUT2D eigenvalue weighted by Gasteiger charge is 2.27. The van der Waals surface area contributed by atoms with Gasteiger partial charge in [0.15, 0.2) is 0 Å². The average molecular weight is 406 g/mol. The number of carbonyl (C=O) groups excluding carboxylic acids is 1. The summed E-state index contributed by atoms with van der Waals surface area (Å²) in [4.78, 5) is 20.3. The third kappa shape index (κ3) is 5.20. The number of aryl methyl sites for hydroxylation is 1. The van der Waals surface area contributed by atoms with Gasteiger partial charge in [0.1, 0.15) is 5.76 Å². The van der Waals surface area contributed by atoms with E-state index in [4.69, 9.17) is 4.42 Å². The van der Waals surface area contributed by atoms with Gasteiger partial charge in [0.05, 0.1) is 17.0 Å². The van der Waals surface area contributed by atoms with Crippen LogP contribution in [0.2, 0.25) is 0 Å². The van der Waals surface area contributed by atoms with Crippen molar-refractivity contribution in [3.05, 3.63) is 29.0 Å². The molecule has 3 rings (SSSR count). The Morgan fingerprint density at radius 3 is 2.88 bits per heavy atom. The second kappa shape index (κ2) is 10.2. The summed E-state index contributed by atoms with van der Waals surface area (Å²) in [5, 5.41) is 5.33. The van der Waals surface area contributed by atoms with Crippen molar-refractivity contribution in [1.29, 1.82) is 0 Å². The first-order valence-corrected chi connectivity index (χ1v) is 9.07. The number of amides is 1. The van der Waals surface area contributed by atoms with E-state index in [1.807, 2.05) is 29.3 Å². The van der Waals surface area contributed by atoms with Crippen molar-refractivity contribution in [2.24, 2.45) is 0 Å². The van der Waals surface area contributed by atoms with Gasteiger partial charge in [-0.1, -0.05) is 13.0 Å². The fourth-order valence-electron chi connectivity index (χ4n) is 3.00. The summed E-state index contributed by atoms with van der Waals surface area (Å²) in [5.41, 5.74) is 0.755. The summed E-state index contributed by atoms with van der Waals surface area (Å²) in [5.74, 6) is 1.50. The Bertz CT molecular complexity index is 655. The number of halogens is 2. The normalized spacial score (nSPS) is 16.2. The fourth-order valence-corrected chi connectivity index (χ4v) is 3.65. The molecular formula is C17H25Cl2N3O2S. The van der Waals surface area contributed by atoms with E-state index < -0.39 is 0 Å². The predicted molar refractivity (Wildman–Crippen MR) is 106 cm³/mol. The second-order valence-corrected chi connectivity index (χ2v) is 6.86. The maximum atomic E-state index is 12.8. The zero-order valence-electron chi connectivity index (χ0n) is 14.5. The molecule has 0 aliphatic carbocycles. The van der Waals surface area contributed by atoms with Crippen LogP contribution in [0.3, 0.4) is 0 Å². The number of aromatic nitrogens is 1. The molecule has 1 aliphatic rings. The highest BCUT2D eigenvalue weighted by molar-refractivity contribution is 7.13. The lowest BCUT2D eigenvalue weighted by atomic mass is 10.1. The van der Waals surface area contributed by atoms with Crippen molar-refractivity contribution in [3.8, 4) is 10.8 Å². The molecule has 1 saturated heterocycles. The molecule has 2 aromatic heterocycles. The van der Waals surface area contributed by atoms with Gasteiger partial charge in [0, 0.05) is 19.1 Å². The number of thiophene rings is 1. The Labute approximate surface area is 165 Å². The molecule has 1 N–H and O–H groups in total. The maximum Gasteiger partial charge on any atom is 0.236 e. The predicted octanol–water partition coefficient (Wildman–Crippen LogP) is 3.70. The zero-order chi connectivity index (χ0) is 16.2. The number of nitrogens with one attached hydrogen (secondary N) is 1. The van der Waals surface area contributed by atoms with Gasteiger partial charge < -0.3 is 14.6 Å². The summed E-state index contributed by atoms with van der Waals surface area (Å²) in [6, 6.07) is 4.27. The standard InChI is InChI=1S/C17H23N3O2S.2ClH/c1-3-8-20(13-6-7-18-11-13)16(21)10-14-12(2)22-17(19-14)15-5-4-9-23-15;;/h4-5,9,13,18H,3,6-8,10-11H2,1-2H3;2*1H. The van der Waals surface area contributed by atoms with Crippen molar-refractivity contribution in [2.75, 3.05) is 19.6 Å². The molecule has 1 fully saturated rings. The lowest BCUT2D eigenvalue weighted by Crippen LogP contribution is -2.43. The van der Waals surface area contributed by atoms with Gasteiger partial charge in [-0.05, 0) is 37.8 Å². The highest BCUT2D eigenvalue weighted by atomic mass is 35.5. The molecule has 1 amide bonds. The number of hydrogen-bond donors (Lipinski definition) is 1. The Hall–Kier alpha value is -1.08. The van der Waals surface area contributed by atoms with Crippen LogP contribution in [-0.2, 0) is 11.2 Å². The first-order valence-electron chi connectivity index (χ1n) is 8.19. The number of hydrogen-bond acceptors (Lipinski definition) is 5. The van der Waals surface area contributed by atoms with Crippen LogP contribution in [0.15, 0.2) is 21.9 Å². The van der Waals surface area contributed by atoms with Gasteiger partial charge in [-0.2, -0.15) is 0 Å². The molecule has 0 aromatic carbocycles. The lowest BCUT2D eigenvalue weighted by Gasteiger charge is -2.28. The summed E-state index contributed by atoms with van der Waals surface area (Å²) in [6.07, 6.45) is 2.32. The Kier molecular flexibility index (Phi) is 8.93. The van der Waals surface area contributed by atoms with Crippen molar-refractivity contribution in [3.63, 3.8) is 0 Å². The minimum absolute atomic E-state index is 0. The van der Waals surface area contributed by atoms with Crippen LogP contribution >= 0.6 is 36.2 Å². The molecule has 0 spiro atoms. The van der Waals surface area contributed by atoms with E-state index in [0.29, 0.717) is 18.4 Å². The smallest absolute Gasteiger partial charge is 0.236 e. The largest absolute Gasteiger partial charge is 0.440 e. The van der Waals surface area contributed by atoms with Gasteiger partial charge in [0.2, 0.25) is 11.8 Å². The quantitative estimate of drug-likeness (QED) is 0.795. The van der Waals surface area contributed by atoms with Gasteiger partial charge >= 0.3 is 0 Å². The molecule has 1 atom stereocenters. The molecule has 1 unspecified atom stereocenters. The van der Waals surface area contributed by atoms with E-state index in [9.17, 15) is 4.79 Å². The molecule has 0 saturated carbocycles. The van der Waals surface area contributed by atoms with Crippen molar-refractivity contribution in [1.82, 2.24) is 15.2 Å². The molecule has 2 aromatic rings. The van der Waals surface area contributed by atoms with E-state index in [2.05, 4.69) is 17.2 Å². The molecule has 8 heteroatoms. The molecule has 1 aliphatic heterocycles. The lowest BCUT2D eigenvalue weighted by molar-refractivity contribution is -0.132. The SMILES string of the molecule is CCCN(C(=O)Cc1nc(-c2cccs2)oc1C)C1CCNC1.Cl.Cl. The van der Waals surface area contributed by atoms with Crippen LogP contribution in [-0.4, -0.2) is 41.5 Å². The van der Waals surface area contributed by atoms with Gasteiger partial charge in [-0.15, -0.1) is 36.2 Å². The van der Waals surface area contributed by atoms with Crippen LogP contribution < -0.4 is 5.32 Å². The zero-order valence-corrected chi connectivity index (χ0v) is 16.9. The molecule has 0 bridgehead atoms. The van der Waals surface area contributed by atoms with Gasteiger partial charge in [-0.3, -0.25) is 4.79 Å². The monoisotopic (exact) mass is 405 g/mol. The summed E-state index contributed by atoms with van der Waals surface area (Å²) in [6.45, 7) is 6.68. The van der Waals surface area contributed by atoms with Crippen LogP contribution in [0.25, 0.3) is 10.8 Å². The minimum Gasteiger partial charge on any atom is -0.440 e. The molecule has 25 heavy (non-hydrogen) atoms. The van der Waals surface area contributed by atoms with E-state index >= 15 is 0 Å². The van der Waals surface area contributed by atoms with Gasteiger partial charge in [-0.25, -0.2) is 4.98 Å². The maximum absolute atomic E-state index is 12.8. The Morgan fingerprint density at radius 1 is 1.48 bits per heavy atom. The summed E-state index contributed by atoms with van der Waals surface area (Å²) in [7, 11) is 0. The first kappa shape index (κ1) is 22.0. The van der Waals surface area contributed by atoms with Crippen molar-refractivity contribution < 1.29 is 9.21 Å². The van der Waals surface area contributed by atoms with Crippen LogP contribution in [0.4, 0.5) is 0 Å². The fraction of sp³-hybridized carbons (Fsp3) is 0.529.